The summed E-state index contributed by atoms with van der Waals surface area (Å²) in [6, 6.07) is 1.17. The first-order chi connectivity index (χ1) is 6.06. The number of rotatable bonds is 2. The van der Waals surface area contributed by atoms with Crippen molar-refractivity contribution in [2.75, 3.05) is 0 Å². The van der Waals surface area contributed by atoms with Crippen molar-refractivity contribution in [3.05, 3.63) is 22.5 Å². The van der Waals surface area contributed by atoms with E-state index in [1.54, 1.807) is 0 Å². The Hall–Kier alpha value is -0.420. The summed E-state index contributed by atoms with van der Waals surface area (Å²) >= 11 is 8.64. The van der Waals surface area contributed by atoms with Crippen LogP contribution in [0, 0.1) is 0 Å². The maximum Gasteiger partial charge on any atom is 0.284 e. The molecule has 0 aromatic carbocycles. The summed E-state index contributed by atoms with van der Waals surface area (Å²) in [6.45, 7) is 0. The van der Waals surface area contributed by atoms with Crippen LogP contribution in [0.4, 0.5) is 8.78 Å². The summed E-state index contributed by atoms with van der Waals surface area (Å²) in [5.41, 5.74) is -0.210. The molecule has 0 fully saturated rings. The molecule has 0 aliphatic rings. The molecular formula is C7H5BrClF2NO. The third-order valence-corrected chi connectivity index (χ3v) is 2.34. The average molecular weight is 272 g/mol. The molecule has 0 amide bonds. The van der Waals surface area contributed by atoms with Crippen LogP contribution in [0.2, 0.25) is 5.15 Å². The monoisotopic (exact) mass is 271 g/mol. The van der Waals surface area contributed by atoms with Gasteiger partial charge in [0.15, 0.2) is 0 Å². The van der Waals surface area contributed by atoms with Crippen molar-refractivity contribution in [2.45, 2.75) is 11.8 Å². The summed E-state index contributed by atoms with van der Waals surface area (Å²) < 4.78 is 24.3. The molecule has 0 saturated carbocycles. The minimum absolute atomic E-state index is 0.0232. The van der Waals surface area contributed by atoms with Gasteiger partial charge in [-0.25, -0.2) is 13.8 Å². The first kappa shape index (κ1) is 10.7. The first-order valence-electron chi connectivity index (χ1n) is 3.28. The van der Waals surface area contributed by atoms with E-state index < -0.39 is 17.9 Å². The van der Waals surface area contributed by atoms with Gasteiger partial charge in [-0.15, -0.1) is 0 Å². The smallest absolute Gasteiger partial charge is 0.284 e. The summed E-state index contributed by atoms with van der Waals surface area (Å²) in [5, 5.41) is 9.43. The van der Waals surface area contributed by atoms with Crippen LogP contribution in [0.3, 0.4) is 0 Å². The second kappa shape index (κ2) is 4.19. The summed E-state index contributed by atoms with van der Waals surface area (Å²) in [5.74, 6) is -0.533. The Morgan fingerprint density at radius 2 is 2.23 bits per heavy atom. The predicted octanol–water partition coefficient (Wildman–Crippen LogP) is 3.27. The highest BCUT2D eigenvalue weighted by Gasteiger charge is 2.17. The fraction of sp³-hybridized carbons (Fsp3) is 0.286. The molecule has 0 bridgehead atoms. The molecule has 1 aromatic rings. The Kier molecular flexibility index (Phi) is 3.44. The molecule has 0 aliphatic carbocycles. The van der Waals surface area contributed by atoms with E-state index in [0.29, 0.717) is 10.9 Å². The van der Waals surface area contributed by atoms with Crippen LogP contribution in [0.15, 0.2) is 6.07 Å². The van der Waals surface area contributed by atoms with Crippen molar-refractivity contribution in [2.24, 2.45) is 0 Å². The summed E-state index contributed by atoms with van der Waals surface area (Å²) in [4.78, 5) is 3.38. The van der Waals surface area contributed by atoms with Gasteiger partial charge in [-0.2, -0.15) is 0 Å². The molecule has 72 valence electrons. The lowest BCUT2D eigenvalue weighted by Crippen LogP contribution is -1.94. The number of pyridine rings is 1. The zero-order chi connectivity index (χ0) is 10.0. The highest BCUT2D eigenvalue weighted by molar-refractivity contribution is 9.08. The predicted molar refractivity (Wildman–Crippen MR) is 48.5 cm³/mol. The molecule has 13 heavy (non-hydrogen) atoms. The normalized spacial score (nSPS) is 10.8. The van der Waals surface area contributed by atoms with Crippen molar-refractivity contribution in [3.8, 4) is 5.75 Å². The molecule has 1 rings (SSSR count). The molecule has 0 atom stereocenters. The molecule has 0 saturated heterocycles. The average Bonchev–Trinajstić information content (AvgIpc) is 2.07. The highest BCUT2D eigenvalue weighted by atomic mass is 79.9. The Bertz CT molecular complexity index is 322. The van der Waals surface area contributed by atoms with Gasteiger partial charge in [-0.3, -0.25) is 0 Å². The van der Waals surface area contributed by atoms with Gasteiger partial charge in [0.1, 0.15) is 16.6 Å². The van der Waals surface area contributed by atoms with Crippen LogP contribution in [0.1, 0.15) is 17.7 Å². The minimum atomic E-state index is -2.82. The van der Waals surface area contributed by atoms with Crippen molar-refractivity contribution in [1.82, 2.24) is 4.98 Å². The van der Waals surface area contributed by atoms with Gasteiger partial charge in [0.25, 0.3) is 6.43 Å². The van der Waals surface area contributed by atoms with Crippen LogP contribution in [-0.2, 0) is 5.33 Å². The van der Waals surface area contributed by atoms with E-state index in [9.17, 15) is 8.78 Å². The maximum absolute atomic E-state index is 12.2. The number of halogens is 4. The molecule has 0 radical (unpaired) electrons. The first-order valence-corrected chi connectivity index (χ1v) is 4.78. The lowest BCUT2D eigenvalue weighted by molar-refractivity contribution is 0.142. The Morgan fingerprint density at radius 1 is 1.62 bits per heavy atom. The molecule has 0 unspecified atom stereocenters. The van der Waals surface area contributed by atoms with Crippen molar-refractivity contribution in [3.63, 3.8) is 0 Å². The lowest BCUT2D eigenvalue weighted by atomic mass is 10.2. The Labute approximate surface area is 86.7 Å². The van der Waals surface area contributed by atoms with E-state index in [1.165, 1.54) is 6.07 Å². The molecule has 6 heteroatoms. The largest absolute Gasteiger partial charge is 0.506 e. The van der Waals surface area contributed by atoms with Crippen LogP contribution in [0.25, 0.3) is 0 Å². The quantitative estimate of drug-likeness (QED) is 0.662. The molecular weight excluding hydrogens is 267 g/mol. The van der Waals surface area contributed by atoms with E-state index in [2.05, 4.69) is 20.9 Å². The molecule has 1 aromatic heterocycles. The van der Waals surface area contributed by atoms with E-state index in [-0.39, 0.29) is 5.15 Å². The van der Waals surface area contributed by atoms with E-state index in [4.69, 9.17) is 16.7 Å². The highest BCUT2D eigenvalue weighted by Crippen LogP contribution is 2.30. The van der Waals surface area contributed by atoms with Crippen LogP contribution >= 0.6 is 27.5 Å². The van der Waals surface area contributed by atoms with Gasteiger partial charge in [0, 0.05) is 10.9 Å². The zero-order valence-corrected chi connectivity index (χ0v) is 8.61. The second-order valence-electron chi connectivity index (χ2n) is 2.28. The lowest BCUT2D eigenvalue weighted by Gasteiger charge is -2.05. The van der Waals surface area contributed by atoms with E-state index in [0.717, 1.165) is 0 Å². The van der Waals surface area contributed by atoms with E-state index >= 15 is 0 Å². The van der Waals surface area contributed by atoms with Crippen molar-refractivity contribution >= 4 is 27.5 Å². The molecule has 1 heterocycles. The van der Waals surface area contributed by atoms with E-state index in [1.807, 2.05) is 0 Å². The van der Waals surface area contributed by atoms with Crippen LogP contribution in [0.5, 0.6) is 5.75 Å². The van der Waals surface area contributed by atoms with Gasteiger partial charge in [-0.05, 0) is 6.07 Å². The van der Waals surface area contributed by atoms with Gasteiger partial charge in [0.05, 0.1) is 0 Å². The molecule has 0 aliphatic heterocycles. The summed E-state index contributed by atoms with van der Waals surface area (Å²) in [6.07, 6.45) is -2.82. The summed E-state index contributed by atoms with van der Waals surface area (Å²) in [7, 11) is 0. The Balaban J connectivity index is 3.20. The molecule has 1 N–H and O–H groups in total. The standard InChI is InChI=1S/C7H5BrClF2NO/c8-2-3-1-4(13)5(7(10)11)12-6(3)9/h1,7,13H,2H2. The number of nitrogens with zero attached hydrogens (tertiary/aromatic N) is 1. The van der Waals surface area contributed by atoms with Gasteiger partial charge >= 0.3 is 0 Å². The SMILES string of the molecule is Oc1cc(CBr)c(Cl)nc1C(F)F. The molecule has 2 nitrogen and oxygen atoms in total. The van der Waals surface area contributed by atoms with Crippen molar-refractivity contribution in [1.29, 1.82) is 0 Å². The third kappa shape index (κ3) is 2.28. The second-order valence-corrected chi connectivity index (χ2v) is 3.20. The zero-order valence-electron chi connectivity index (χ0n) is 6.27. The van der Waals surface area contributed by atoms with Gasteiger partial charge < -0.3 is 5.11 Å². The molecule has 0 spiro atoms. The van der Waals surface area contributed by atoms with Gasteiger partial charge in [0.2, 0.25) is 0 Å². The third-order valence-electron chi connectivity index (χ3n) is 1.41. The number of aromatic hydroxyl groups is 1. The fourth-order valence-corrected chi connectivity index (χ4v) is 1.59. The number of hydrogen-bond donors (Lipinski definition) is 1. The van der Waals surface area contributed by atoms with Gasteiger partial charge in [-0.1, -0.05) is 27.5 Å². The Morgan fingerprint density at radius 3 is 2.69 bits per heavy atom. The fourth-order valence-electron chi connectivity index (χ4n) is 0.788. The number of hydrogen-bond acceptors (Lipinski definition) is 2. The maximum atomic E-state index is 12.2. The minimum Gasteiger partial charge on any atom is -0.506 e. The van der Waals surface area contributed by atoms with Crippen molar-refractivity contribution < 1.29 is 13.9 Å². The number of aromatic nitrogens is 1. The topological polar surface area (TPSA) is 33.1 Å². The number of alkyl halides is 3. The van der Waals surface area contributed by atoms with Crippen LogP contribution in [-0.4, -0.2) is 10.1 Å². The van der Waals surface area contributed by atoms with Crippen LogP contribution < -0.4 is 0 Å².